The van der Waals surface area contributed by atoms with Crippen LogP contribution in [0.3, 0.4) is 0 Å². The Morgan fingerprint density at radius 2 is 2.11 bits per heavy atom. The van der Waals surface area contributed by atoms with Crippen molar-refractivity contribution in [3.63, 3.8) is 0 Å². The first-order valence-electron chi connectivity index (χ1n) is 11.0. The predicted octanol–water partition coefficient (Wildman–Crippen LogP) is -1.74. The van der Waals surface area contributed by atoms with E-state index >= 15 is 0 Å². The van der Waals surface area contributed by atoms with Crippen LogP contribution in [-0.4, -0.2) is 105 Å². The fourth-order valence-corrected chi connectivity index (χ4v) is 7.65. The number of β-lactam (4-membered cyclic amide) rings is 1. The number of rotatable bonds is 9. The lowest BCUT2D eigenvalue weighted by Crippen LogP contribution is -2.66. The van der Waals surface area contributed by atoms with Crippen molar-refractivity contribution in [3.05, 3.63) is 16.9 Å². The maximum absolute atomic E-state index is 13.0. The molecule has 6 atom stereocenters. The lowest BCUT2D eigenvalue weighted by molar-refractivity contribution is -0.157. The van der Waals surface area contributed by atoms with Crippen molar-refractivity contribution in [1.29, 1.82) is 0 Å². The number of carbonyl (C=O) groups is 3. The molecule has 0 bridgehead atoms. The van der Waals surface area contributed by atoms with Gasteiger partial charge in [0.2, 0.25) is 21.8 Å². The van der Waals surface area contributed by atoms with E-state index in [9.17, 15) is 27.9 Å². The minimum atomic E-state index is -3.88. The molecule has 4 rings (SSSR count). The Balaban J connectivity index is 1.47. The topological polar surface area (TPSA) is 180 Å². The highest BCUT2D eigenvalue weighted by Gasteiger charge is 2.60. The molecule has 1 unspecified atom stereocenters. The molecule has 1 aromatic rings. The maximum Gasteiger partial charge on any atom is 0.353 e. The summed E-state index contributed by atoms with van der Waals surface area (Å²) >= 11 is 1.38. The van der Waals surface area contributed by atoms with Gasteiger partial charge in [0.25, 0.3) is 0 Å². The van der Waals surface area contributed by atoms with Crippen molar-refractivity contribution in [2.75, 3.05) is 20.6 Å². The van der Waals surface area contributed by atoms with Crippen LogP contribution in [0.25, 0.3) is 0 Å². The Labute approximate surface area is 206 Å². The van der Waals surface area contributed by atoms with E-state index in [0.29, 0.717) is 17.9 Å². The van der Waals surface area contributed by atoms with E-state index < -0.39 is 45.8 Å². The minimum absolute atomic E-state index is 0.0333. The largest absolute Gasteiger partial charge is 0.477 e. The number of carboxylic acids is 1. The number of tetrazole rings is 1. The van der Waals surface area contributed by atoms with Gasteiger partial charge in [0, 0.05) is 42.8 Å². The average molecular weight is 529 g/mol. The molecule has 4 heterocycles. The molecule has 16 heteroatoms. The molecule has 0 radical (unpaired) electrons. The van der Waals surface area contributed by atoms with Crippen LogP contribution in [0.15, 0.2) is 16.9 Å². The SMILES string of the molecule is CC(NS(=O)(=O)Cn1ncnn1)[C@H]1C(=O)N2C(C(=O)O)=C(S[C@@H]3CN[C@H](C(=O)N(C)C)C3)[C@H](C)[C@H]12. The molecular formula is C19H28N8O6S2. The Morgan fingerprint density at radius 3 is 2.71 bits per heavy atom. The van der Waals surface area contributed by atoms with Crippen molar-refractivity contribution in [1.82, 2.24) is 40.0 Å². The van der Waals surface area contributed by atoms with Gasteiger partial charge in [-0.2, -0.15) is 0 Å². The van der Waals surface area contributed by atoms with E-state index in [1.165, 1.54) is 21.6 Å². The molecule has 192 valence electrons. The highest BCUT2D eigenvalue weighted by molar-refractivity contribution is 8.03. The highest BCUT2D eigenvalue weighted by atomic mass is 32.2. The van der Waals surface area contributed by atoms with Crippen LogP contribution >= 0.6 is 11.8 Å². The van der Waals surface area contributed by atoms with Crippen molar-refractivity contribution in [2.24, 2.45) is 11.8 Å². The summed E-state index contributed by atoms with van der Waals surface area (Å²) in [6, 6.07) is -1.59. The van der Waals surface area contributed by atoms with Gasteiger partial charge in [-0.05, 0) is 18.6 Å². The summed E-state index contributed by atoms with van der Waals surface area (Å²) in [6.45, 7) is 3.97. The van der Waals surface area contributed by atoms with Crippen LogP contribution in [0.4, 0.5) is 0 Å². The van der Waals surface area contributed by atoms with Gasteiger partial charge < -0.3 is 20.2 Å². The van der Waals surface area contributed by atoms with Crippen LogP contribution < -0.4 is 10.0 Å². The molecule has 0 aliphatic carbocycles. The minimum Gasteiger partial charge on any atom is -0.477 e. The maximum atomic E-state index is 13.0. The molecule has 0 aromatic carbocycles. The number of aliphatic carboxylic acids is 1. The second-order valence-electron chi connectivity index (χ2n) is 9.16. The summed E-state index contributed by atoms with van der Waals surface area (Å²) in [5.74, 6) is -3.26. The number of carboxylic acid groups (broad SMARTS) is 1. The van der Waals surface area contributed by atoms with E-state index in [1.54, 1.807) is 21.0 Å². The average Bonchev–Trinajstić information content (AvgIpc) is 3.47. The van der Waals surface area contributed by atoms with E-state index in [0.717, 1.165) is 11.1 Å². The zero-order chi connectivity index (χ0) is 25.7. The van der Waals surface area contributed by atoms with E-state index in [2.05, 4.69) is 25.4 Å². The van der Waals surface area contributed by atoms with Gasteiger partial charge in [0.05, 0.1) is 18.0 Å². The van der Waals surface area contributed by atoms with Gasteiger partial charge in [0.15, 0.2) is 12.2 Å². The van der Waals surface area contributed by atoms with Crippen molar-refractivity contribution in [3.8, 4) is 0 Å². The predicted molar refractivity (Wildman–Crippen MR) is 124 cm³/mol. The number of aromatic nitrogens is 4. The van der Waals surface area contributed by atoms with E-state index in [4.69, 9.17) is 0 Å². The third kappa shape index (κ3) is 4.79. The third-order valence-corrected chi connectivity index (χ3v) is 9.31. The molecule has 0 spiro atoms. The van der Waals surface area contributed by atoms with Crippen molar-refractivity contribution >= 4 is 39.6 Å². The van der Waals surface area contributed by atoms with Crippen LogP contribution in [0.2, 0.25) is 0 Å². The normalized spacial score (nSPS) is 29.2. The Kier molecular flexibility index (Phi) is 6.91. The quantitative estimate of drug-likeness (QED) is 0.310. The molecule has 1 aromatic heterocycles. The van der Waals surface area contributed by atoms with Crippen LogP contribution in [-0.2, 0) is 30.3 Å². The van der Waals surface area contributed by atoms with Crippen LogP contribution in [0, 0.1) is 11.8 Å². The lowest BCUT2D eigenvalue weighted by atomic mass is 9.78. The fourth-order valence-electron chi connectivity index (χ4n) is 4.96. The number of thioether (sulfide) groups is 1. The first-order valence-corrected chi connectivity index (χ1v) is 13.6. The first-order chi connectivity index (χ1) is 16.4. The van der Waals surface area contributed by atoms with Crippen LogP contribution in [0.1, 0.15) is 20.3 Å². The zero-order valence-corrected chi connectivity index (χ0v) is 21.3. The third-order valence-electron chi connectivity index (χ3n) is 6.50. The number of hydrogen-bond acceptors (Lipinski definition) is 10. The van der Waals surface area contributed by atoms with Gasteiger partial charge in [-0.25, -0.2) is 17.9 Å². The monoisotopic (exact) mass is 528 g/mol. The Morgan fingerprint density at radius 1 is 1.40 bits per heavy atom. The van der Waals surface area contributed by atoms with Crippen molar-refractivity contribution in [2.45, 2.75) is 49.5 Å². The lowest BCUT2D eigenvalue weighted by Gasteiger charge is -2.47. The van der Waals surface area contributed by atoms with E-state index in [-0.39, 0.29) is 28.8 Å². The molecule has 35 heavy (non-hydrogen) atoms. The van der Waals surface area contributed by atoms with Gasteiger partial charge >= 0.3 is 5.97 Å². The fraction of sp³-hybridized carbons (Fsp3) is 0.684. The first kappa shape index (κ1) is 25.5. The molecule has 3 aliphatic heterocycles. The zero-order valence-electron chi connectivity index (χ0n) is 19.7. The molecule has 14 nitrogen and oxygen atoms in total. The smallest absolute Gasteiger partial charge is 0.353 e. The van der Waals surface area contributed by atoms with E-state index in [1.807, 2.05) is 6.92 Å². The Bertz CT molecular complexity index is 1150. The molecule has 2 saturated heterocycles. The number of carbonyl (C=O) groups excluding carboxylic acids is 2. The molecule has 2 amide bonds. The second-order valence-corrected chi connectivity index (χ2v) is 12.2. The van der Waals surface area contributed by atoms with Crippen molar-refractivity contribution < 1.29 is 27.9 Å². The molecule has 3 aliphatic rings. The number of amides is 2. The molecule has 2 fully saturated rings. The number of fused-ring (bicyclic) bond motifs is 1. The van der Waals surface area contributed by atoms with Crippen LogP contribution in [0.5, 0.6) is 0 Å². The summed E-state index contributed by atoms with van der Waals surface area (Å²) in [6.07, 6.45) is 1.66. The number of nitrogens with zero attached hydrogens (tertiary/aromatic N) is 6. The molecule has 3 N–H and O–H groups in total. The summed E-state index contributed by atoms with van der Waals surface area (Å²) < 4.78 is 27.5. The van der Waals surface area contributed by atoms with Gasteiger partial charge in [-0.3, -0.25) is 9.59 Å². The van der Waals surface area contributed by atoms with Gasteiger partial charge in [-0.15, -0.1) is 26.8 Å². The number of sulfonamides is 1. The Hall–Kier alpha value is -2.56. The summed E-state index contributed by atoms with van der Waals surface area (Å²) in [5, 5.41) is 23.7. The van der Waals surface area contributed by atoms with Gasteiger partial charge in [0.1, 0.15) is 5.70 Å². The summed E-state index contributed by atoms with van der Waals surface area (Å²) in [4.78, 5) is 41.7. The summed E-state index contributed by atoms with van der Waals surface area (Å²) in [7, 11) is -0.513. The number of nitrogens with one attached hydrogen (secondary N) is 2. The number of likely N-dealkylation sites (N-methyl/N-ethyl adjacent to an activating group) is 1. The standard InChI is InChI=1S/C19H28N8O6S2/c1-9-14-13(10(2)23-35(32,33)8-26-22-7-21-24-26)18(29)27(14)15(19(30)31)16(9)34-11-5-12(20-6-11)17(28)25(3)4/h7,9-14,20,23H,5-6,8H2,1-4H3,(H,30,31)/t9-,10?,11+,12+,13-,14-/m1/s1. The molecule has 0 saturated carbocycles. The second kappa shape index (κ2) is 9.48. The highest BCUT2D eigenvalue weighted by Crippen LogP contribution is 2.51. The summed E-state index contributed by atoms with van der Waals surface area (Å²) in [5.41, 5.74) is -0.0574. The van der Waals surface area contributed by atoms with Gasteiger partial charge in [-0.1, -0.05) is 6.92 Å². The number of hydrogen-bond donors (Lipinski definition) is 3. The molecular weight excluding hydrogens is 500 g/mol.